The largest absolute Gasteiger partial charge is 0.481 e. The van der Waals surface area contributed by atoms with Crippen LogP contribution in [0.5, 0.6) is 0 Å². The molecule has 0 saturated heterocycles. The van der Waals surface area contributed by atoms with Crippen LogP contribution in [0.25, 0.3) is 11.1 Å². The van der Waals surface area contributed by atoms with Crippen molar-refractivity contribution in [2.45, 2.75) is 19.4 Å². The zero-order valence-electron chi connectivity index (χ0n) is 17.8. The lowest BCUT2D eigenvalue weighted by Crippen LogP contribution is -2.58. The predicted octanol–water partition coefficient (Wildman–Crippen LogP) is 3.96. The number of likely N-dealkylation sites (N-methyl/N-ethyl adjacent to an activating group) is 1. The number of ketones is 1. The van der Waals surface area contributed by atoms with Gasteiger partial charge in [-0.05, 0) is 48.4 Å². The zero-order chi connectivity index (χ0) is 24.3. The van der Waals surface area contributed by atoms with Gasteiger partial charge >= 0.3 is 12.0 Å². The van der Waals surface area contributed by atoms with E-state index in [0.29, 0.717) is 26.7 Å². The van der Waals surface area contributed by atoms with Crippen molar-refractivity contribution >= 4 is 52.6 Å². The molecule has 1 heterocycles. The minimum atomic E-state index is -1.44. The maximum Gasteiger partial charge on any atom is 0.323 e. The van der Waals surface area contributed by atoms with Gasteiger partial charge in [-0.3, -0.25) is 19.3 Å². The quantitative estimate of drug-likeness (QED) is 0.597. The molecule has 3 rings (SSSR count). The van der Waals surface area contributed by atoms with Crippen LogP contribution in [0.15, 0.2) is 54.2 Å². The van der Waals surface area contributed by atoms with E-state index in [0.717, 1.165) is 4.90 Å². The number of benzene rings is 2. The van der Waals surface area contributed by atoms with Gasteiger partial charge in [0.25, 0.3) is 5.91 Å². The van der Waals surface area contributed by atoms with Crippen molar-refractivity contribution in [2.75, 3.05) is 18.5 Å². The Balaban J connectivity index is 2.07. The monoisotopic (exact) mass is 489 g/mol. The summed E-state index contributed by atoms with van der Waals surface area (Å²) in [6.45, 7) is 1.39. The summed E-state index contributed by atoms with van der Waals surface area (Å²) in [6.07, 6.45) is 1.10. The molecule has 1 atom stereocenters. The van der Waals surface area contributed by atoms with E-state index >= 15 is 0 Å². The minimum absolute atomic E-state index is 0.173. The molecule has 0 aromatic heterocycles. The Hall–Kier alpha value is -3.36. The Morgan fingerprint density at radius 3 is 2.39 bits per heavy atom. The van der Waals surface area contributed by atoms with Crippen LogP contribution in [0.1, 0.15) is 13.3 Å². The van der Waals surface area contributed by atoms with Crippen LogP contribution in [0.2, 0.25) is 10.0 Å². The second-order valence-corrected chi connectivity index (χ2v) is 8.36. The Kier molecular flexibility index (Phi) is 7.40. The van der Waals surface area contributed by atoms with Gasteiger partial charge in [-0.25, -0.2) is 4.79 Å². The van der Waals surface area contributed by atoms with Crippen molar-refractivity contribution in [1.82, 2.24) is 10.2 Å². The number of aliphatic carboxylic acids is 1. The lowest BCUT2D eigenvalue weighted by Gasteiger charge is -2.34. The fraction of sp³-hybridized carbons (Fsp3) is 0.217. The number of rotatable bonds is 6. The molecule has 3 amide bonds. The van der Waals surface area contributed by atoms with E-state index in [1.165, 1.54) is 18.1 Å². The number of hydrogen-bond acceptors (Lipinski definition) is 4. The average molecular weight is 490 g/mol. The molecule has 1 unspecified atom stereocenters. The second kappa shape index (κ2) is 10.1. The van der Waals surface area contributed by atoms with E-state index in [1.807, 2.05) is 0 Å². The van der Waals surface area contributed by atoms with Gasteiger partial charge in [-0.15, -0.1) is 0 Å². The number of halogens is 2. The summed E-state index contributed by atoms with van der Waals surface area (Å²) >= 11 is 12.2. The highest BCUT2D eigenvalue weighted by atomic mass is 35.5. The minimum Gasteiger partial charge on any atom is -0.481 e. The molecule has 0 saturated carbocycles. The van der Waals surface area contributed by atoms with Gasteiger partial charge in [0.1, 0.15) is 0 Å². The molecule has 0 aliphatic carbocycles. The van der Waals surface area contributed by atoms with Crippen molar-refractivity contribution in [3.63, 3.8) is 0 Å². The molecule has 1 aliphatic rings. The molecule has 172 valence electrons. The molecule has 2 aromatic rings. The highest BCUT2D eigenvalue weighted by Crippen LogP contribution is 2.31. The number of amides is 3. The van der Waals surface area contributed by atoms with Gasteiger partial charge in [0.05, 0.1) is 6.42 Å². The number of nitrogens with zero attached hydrogens (tertiary/aromatic N) is 2. The standard InChI is InChI=1S/C23H21Cl2N3O5/c1-13-12-27(2)22(32)20(21(13)31)28(23(33)26-7-6-19(29)30)18-5-3-4-14(10-18)15-8-16(24)11-17(25)9-15/h3-5,8-12,20H,6-7H2,1-2H3,(H,26,33)(H,29,30). The van der Waals surface area contributed by atoms with E-state index in [-0.39, 0.29) is 18.7 Å². The maximum absolute atomic E-state index is 13.1. The molecule has 8 nitrogen and oxygen atoms in total. The van der Waals surface area contributed by atoms with Crippen LogP contribution in [-0.2, 0) is 14.4 Å². The molecule has 0 fully saturated rings. The first kappa shape index (κ1) is 24.3. The summed E-state index contributed by atoms with van der Waals surface area (Å²) < 4.78 is 0. The highest BCUT2D eigenvalue weighted by Gasteiger charge is 2.41. The summed E-state index contributed by atoms with van der Waals surface area (Å²) in [6, 6.07) is 9.42. The molecule has 33 heavy (non-hydrogen) atoms. The van der Waals surface area contributed by atoms with E-state index in [4.69, 9.17) is 28.3 Å². The fourth-order valence-corrected chi connectivity index (χ4v) is 3.99. The van der Waals surface area contributed by atoms with Gasteiger partial charge < -0.3 is 15.3 Å². The Morgan fingerprint density at radius 2 is 1.76 bits per heavy atom. The van der Waals surface area contributed by atoms with E-state index in [9.17, 15) is 19.2 Å². The predicted molar refractivity (Wildman–Crippen MR) is 125 cm³/mol. The number of carbonyl (C=O) groups is 4. The van der Waals surface area contributed by atoms with Crippen LogP contribution in [-0.4, -0.2) is 53.3 Å². The van der Waals surface area contributed by atoms with Crippen molar-refractivity contribution in [1.29, 1.82) is 0 Å². The third kappa shape index (κ3) is 5.53. The van der Waals surface area contributed by atoms with Crippen LogP contribution in [0.3, 0.4) is 0 Å². The average Bonchev–Trinajstić information content (AvgIpc) is 2.74. The maximum atomic E-state index is 13.1. The van der Waals surface area contributed by atoms with Crippen LogP contribution in [0, 0.1) is 0 Å². The van der Waals surface area contributed by atoms with Gasteiger partial charge in [-0.1, -0.05) is 35.3 Å². The first-order valence-corrected chi connectivity index (χ1v) is 10.7. The number of hydrogen-bond donors (Lipinski definition) is 2. The van der Waals surface area contributed by atoms with Gasteiger partial charge in [0.2, 0.25) is 0 Å². The van der Waals surface area contributed by atoms with Crippen molar-refractivity contribution in [2.24, 2.45) is 0 Å². The van der Waals surface area contributed by atoms with Crippen LogP contribution in [0.4, 0.5) is 10.5 Å². The summed E-state index contributed by atoms with van der Waals surface area (Å²) in [4.78, 5) is 52.2. The summed E-state index contributed by atoms with van der Waals surface area (Å²) in [5.41, 5.74) is 1.90. The molecule has 0 bridgehead atoms. The fourth-order valence-electron chi connectivity index (χ4n) is 3.47. The molecule has 2 aromatic carbocycles. The SMILES string of the molecule is CC1=CN(C)C(=O)C(N(C(=O)NCCC(=O)O)c2cccc(-c3cc(Cl)cc(Cl)c3)c2)C1=O. The number of Topliss-reactive ketones (excluding diaryl/α,β-unsaturated/α-hetero) is 1. The van der Waals surface area contributed by atoms with E-state index in [2.05, 4.69) is 5.32 Å². The van der Waals surface area contributed by atoms with Gasteiger partial charge in [-0.2, -0.15) is 0 Å². The summed E-state index contributed by atoms with van der Waals surface area (Å²) in [7, 11) is 1.50. The van der Waals surface area contributed by atoms with Crippen molar-refractivity contribution < 1.29 is 24.3 Å². The number of nitrogens with one attached hydrogen (secondary N) is 1. The number of anilines is 1. The van der Waals surface area contributed by atoms with Crippen molar-refractivity contribution in [3.05, 3.63) is 64.3 Å². The molecule has 10 heteroatoms. The summed E-state index contributed by atoms with van der Waals surface area (Å²) in [5.74, 6) is -2.21. The topological polar surface area (TPSA) is 107 Å². The molecule has 0 spiro atoms. The smallest absolute Gasteiger partial charge is 0.323 e. The number of carboxylic acid groups (broad SMARTS) is 1. The van der Waals surface area contributed by atoms with Gasteiger partial charge in [0.15, 0.2) is 11.8 Å². The molecular formula is C23H21Cl2N3O5. The Bertz CT molecular complexity index is 1140. The molecule has 0 radical (unpaired) electrons. The lowest BCUT2D eigenvalue weighted by atomic mass is 9.98. The second-order valence-electron chi connectivity index (χ2n) is 7.48. The third-order valence-corrected chi connectivity index (χ3v) is 5.45. The number of urea groups is 1. The molecule has 2 N–H and O–H groups in total. The Morgan fingerprint density at radius 1 is 1.09 bits per heavy atom. The third-order valence-electron chi connectivity index (χ3n) is 5.02. The number of carboxylic acids is 1. The van der Waals surface area contributed by atoms with E-state index < -0.39 is 29.7 Å². The number of carbonyl (C=O) groups excluding carboxylic acids is 3. The van der Waals surface area contributed by atoms with E-state index in [1.54, 1.807) is 49.4 Å². The molecule has 1 aliphatic heterocycles. The molecular weight excluding hydrogens is 469 g/mol. The highest BCUT2D eigenvalue weighted by molar-refractivity contribution is 6.35. The summed E-state index contributed by atoms with van der Waals surface area (Å²) in [5, 5.41) is 12.2. The van der Waals surface area contributed by atoms with Crippen LogP contribution < -0.4 is 10.2 Å². The van der Waals surface area contributed by atoms with Crippen LogP contribution >= 0.6 is 23.2 Å². The Labute approximate surface area is 200 Å². The van der Waals surface area contributed by atoms with Crippen molar-refractivity contribution in [3.8, 4) is 11.1 Å². The van der Waals surface area contributed by atoms with Gasteiger partial charge in [0, 0.05) is 41.1 Å². The lowest BCUT2D eigenvalue weighted by molar-refractivity contribution is -0.137. The normalized spacial score (nSPS) is 15.8. The first-order chi connectivity index (χ1) is 15.6. The zero-order valence-corrected chi connectivity index (χ0v) is 19.4. The first-order valence-electron chi connectivity index (χ1n) is 9.93.